The number of unbranched alkanes of at least 4 members (excludes halogenated alkanes) is 7. The number of aromatic nitrogens is 1. The molecule has 1 amide bonds. The molecule has 1 aromatic carbocycles. The van der Waals surface area contributed by atoms with Crippen LogP contribution in [0.1, 0.15) is 91.0 Å². The van der Waals surface area contributed by atoms with Crippen molar-refractivity contribution in [2.45, 2.75) is 104 Å². The summed E-state index contributed by atoms with van der Waals surface area (Å²) >= 11 is 0. The van der Waals surface area contributed by atoms with Gasteiger partial charge in [0.15, 0.2) is 5.58 Å². The lowest BCUT2D eigenvalue weighted by Gasteiger charge is -2.24. The maximum absolute atomic E-state index is 12.3. The molecule has 2 heterocycles. The van der Waals surface area contributed by atoms with E-state index in [9.17, 15) is 4.79 Å². The van der Waals surface area contributed by atoms with E-state index in [-0.39, 0.29) is 12.1 Å². The summed E-state index contributed by atoms with van der Waals surface area (Å²) in [6.07, 6.45) is 12.4. The fourth-order valence-corrected chi connectivity index (χ4v) is 4.20. The summed E-state index contributed by atoms with van der Waals surface area (Å²) in [5, 5.41) is 3.35. The highest BCUT2D eigenvalue weighted by Crippen LogP contribution is 2.24. The number of carbonyl (C=O) groups is 1. The first kappa shape index (κ1) is 24.4. The highest BCUT2D eigenvalue weighted by molar-refractivity contribution is 5.75. The summed E-state index contributed by atoms with van der Waals surface area (Å²) < 4.78 is 11.4. The summed E-state index contributed by atoms with van der Waals surface area (Å²) in [7, 11) is 0. The van der Waals surface area contributed by atoms with Gasteiger partial charge in [-0.15, -0.1) is 0 Å². The fraction of sp³-hybridized carbons (Fsp3) is 0.692. The number of amides is 1. The molecular formula is C26H41N3O3. The third-order valence-electron chi connectivity index (χ3n) is 5.94. The maximum atomic E-state index is 12.3. The predicted octanol–water partition coefficient (Wildman–Crippen LogP) is 6.93. The maximum Gasteiger partial charge on any atom is 0.410 e. The Morgan fingerprint density at radius 3 is 2.59 bits per heavy atom. The topological polar surface area (TPSA) is 67.6 Å². The molecule has 1 atom stereocenters. The van der Waals surface area contributed by atoms with Gasteiger partial charge >= 0.3 is 6.09 Å². The van der Waals surface area contributed by atoms with Crippen molar-refractivity contribution < 1.29 is 13.9 Å². The molecule has 1 fully saturated rings. The highest BCUT2D eigenvalue weighted by Gasteiger charge is 2.30. The molecule has 178 valence electrons. The van der Waals surface area contributed by atoms with Crippen molar-refractivity contribution in [3.05, 3.63) is 23.8 Å². The molecule has 1 aromatic heterocycles. The van der Waals surface area contributed by atoms with Gasteiger partial charge in [-0.1, -0.05) is 57.9 Å². The zero-order valence-corrected chi connectivity index (χ0v) is 20.4. The number of benzene rings is 1. The quantitative estimate of drug-likeness (QED) is 0.381. The number of hydrogen-bond acceptors (Lipinski definition) is 5. The number of oxazole rings is 1. The SMILES string of the molecule is CCCCCCCCCCc1ccc2oc(N[C@@H]3CCN(C(=O)OC(C)(C)C)C3)nc2c1. The van der Waals surface area contributed by atoms with E-state index in [1.165, 1.54) is 56.9 Å². The Balaban J connectivity index is 1.43. The van der Waals surface area contributed by atoms with Gasteiger partial charge in [-0.05, 0) is 57.7 Å². The van der Waals surface area contributed by atoms with Gasteiger partial charge < -0.3 is 19.4 Å². The molecular weight excluding hydrogens is 402 g/mol. The molecule has 32 heavy (non-hydrogen) atoms. The number of nitrogens with one attached hydrogen (secondary N) is 1. The molecule has 6 nitrogen and oxygen atoms in total. The van der Waals surface area contributed by atoms with E-state index in [0.29, 0.717) is 19.1 Å². The Labute approximate surface area is 193 Å². The highest BCUT2D eigenvalue weighted by atomic mass is 16.6. The Morgan fingerprint density at radius 2 is 1.88 bits per heavy atom. The molecule has 1 saturated heterocycles. The molecule has 0 saturated carbocycles. The number of likely N-dealkylation sites (tertiary alicyclic amines) is 1. The average molecular weight is 444 g/mol. The van der Waals surface area contributed by atoms with Gasteiger partial charge in [0.2, 0.25) is 0 Å². The van der Waals surface area contributed by atoms with Crippen molar-refractivity contribution in [2.24, 2.45) is 0 Å². The van der Waals surface area contributed by atoms with Crippen LogP contribution >= 0.6 is 0 Å². The minimum Gasteiger partial charge on any atom is -0.444 e. The average Bonchev–Trinajstić information content (AvgIpc) is 3.35. The largest absolute Gasteiger partial charge is 0.444 e. The van der Waals surface area contributed by atoms with Gasteiger partial charge in [0.25, 0.3) is 6.01 Å². The van der Waals surface area contributed by atoms with Gasteiger partial charge in [0, 0.05) is 19.1 Å². The van der Waals surface area contributed by atoms with Gasteiger partial charge in [-0.25, -0.2) is 4.79 Å². The zero-order valence-electron chi connectivity index (χ0n) is 20.4. The monoisotopic (exact) mass is 443 g/mol. The standard InChI is InChI=1S/C26H41N3O3/c1-5-6-7-8-9-10-11-12-13-20-14-15-23-22(18-20)28-24(31-23)27-21-16-17-29(19-21)25(30)32-26(2,3)4/h14-15,18,21H,5-13,16-17,19H2,1-4H3,(H,27,28)/t21-/m1/s1. The van der Waals surface area contributed by atoms with E-state index in [0.717, 1.165) is 23.9 Å². The van der Waals surface area contributed by atoms with Crippen molar-refractivity contribution in [3.63, 3.8) is 0 Å². The van der Waals surface area contributed by atoms with Crippen LogP contribution in [0.4, 0.5) is 10.8 Å². The summed E-state index contributed by atoms with van der Waals surface area (Å²) in [4.78, 5) is 18.6. The van der Waals surface area contributed by atoms with E-state index < -0.39 is 5.60 Å². The van der Waals surface area contributed by atoms with Crippen molar-refractivity contribution in [2.75, 3.05) is 18.4 Å². The van der Waals surface area contributed by atoms with E-state index in [4.69, 9.17) is 9.15 Å². The number of hydrogen-bond donors (Lipinski definition) is 1. The third-order valence-corrected chi connectivity index (χ3v) is 5.94. The smallest absolute Gasteiger partial charge is 0.410 e. The second kappa shape index (κ2) is 11.6. The zero-order chi connectivity index (χ0) is 23.0. The van der Waals surface area contributed by atoms with Crippen molar-refractivity contribution in [3.8, 4) is 0 Å². The number of aryl methyl sites for hydroxylation is 1. The van der Waals surface area contributed by atoms with Crippen molar-refractivity contribution in [1.29, 1.82) is 0 Å². The number of ether oxygens (including phenoxy) is 1. The van der Waals surface area contributed by atoms with Crippen LogP contribution in [0, 0.1) is 0 Å². The lowest BCUT2D eigenvalue weighted by atomic mass is 10.0. The lowest BCUT2D eigenvalue weighted by molar-refractivity contribution is 0.0293. The molecule has 0 aliphatic carbocycles. The first-order valence-electron chi connectivity index (χ1n) is 12.5. The van der Waals surface area contributed by atoms with Crippen molar-refractivity contribution in [1.82, 2.24) is 9.88 Å². The van der Waals surface area contributed by atoms with E-state index in [1.54, 1.807) is 4.90 Å². The molecule has 3 rings (SSSR count). The van der Waals surface area contributed by atoms with Crippen LogP contribution in [-0.4, -0.2) is 40.7 Å². The van der Waals surface area contributed by atoms with Gasteiger partial charge in [0.1, 0.15) is 11.1 Å². The minimum absolute atomic E-state index is 0.118. The molecule has 0 bridgehead atoms. The van der Waals surface area contributed by atoms with Crippen LogP contribution in [-0.2, 0) is 11.2 Å². The van der Waals surface area contributed by atoms with Gasteiger partial charge in [-0.2, -0.15) is 4.98 Å². The van der Waals surface area contributed by atoms with Crippen LogP contribution in [0.3, 0.4) is 0 Å². The molecule has 1 N–H and O–H groups in total. The van der Waals surface area contributed by atoms with E-state index in [1.807, 2.05) is 26.8 Å². The van der Waals surface area contributed by atoms with Gasteiger partial charge in [-0.3, -0.25) is 0 Å². The predicted molar refractivity (Wildman–Crippen MR) is 130 cm³/mol. The van der Waals surface area contributed by atoms with Crippen LogP contribution in [0.15, 0.2) is 22.6 Å². The molecule has 1 aliphatic rings. The van der Waals surface area contributed by atoms with Gasteiger partial charge in [0.05, 0.1) is 0 Å². The van der Waals surface area contributed by atoms with Crippen molar-refractivity contribution >= 4 is 23.2 Å². The molecule has 2 aromatic rings. The third kappa shape index (κ3) is 7.72. The van der Waals surface area contributed by atoms with E-state index >= 15 is 0 Å². The van der Waals surface area contributed by atoms with Crippen LogP contribution < -0.4 is 5.32 Å². The normalized spacial score (nSPS) is 16.6. The number of carbonyl (C=O) groups excluding carboxylic acids is 1. The minimum atomic E-state index is -0.477. The Kier molecular flexibility index (Phi) is 8.83. The molecule has 6 heteroatoms. The summed E-state index contributed by atoms with van der Waals surface area (Å²) in [5.74, 6) is 0. The fourth-order valence-electron chi connectivity index (χ4n) is 4.20. The lowest BCUT2D eigenvalue weighted by Crippen LogP contribution is -2.36. The first-order valence-corrected chi connectivity index (χ1v) is 12.5. The summed E-state index contributed by atoms with van der Waals surface area (Å²) in [5.41, 5.74) is 2.54. The molecule has 0 unspecified atom stereocenters. The summed E-state index contributed by atoms with van der Waals surface area (Å²) in [6.45, 7) is 9.19. The Morgan fingerprint density at radius 1 is 1.16 bits per heavy atom. The second-order valence-electron chi connectivity index (χ2n) is 10.1. The Hall–Kier alpha value is -2.24. The van der Waals surface area contributed by atoms with Crippen LogP contribution in [0.25, 0.3) is 11.1 Å². The van der Waals surface area contributed by atoms with E-state index in [2.05, 4.69) is 29.4 Å². The molecule has 0 radical (unpaired) electrons. The number of anilines is 1. The first-order chi connectivity index (χ1) is 15.3. The number of fused-ring (bicyclic) bond motifs is 1. The van der Waals surface area contributed by atoms with Crippen LogP contribution in [0.2, 0.25) is 0 Å². The summed E-state index contributed by atoms with van der Waals surface area (Å²) in [6, 6.07) is 6.97. The number of rotatable bonds is 11. The number of nitrogens with zero attached hydrogens (tertiary/aromatic N) is 2. The Bertz CT molecular complexity index is 856. The second-order valence-corrected chi connectivity index (χ2v) is 10.1. The van der Waals surface area contributed by atoms with Crippen LogP contribution in [0.5, 0.6) is 0 Å². The molecule has 1 aliphatic heterocycles. The molecule has 0 spiro atoms.